The second kappa shape index (κ2) is 6.80. The average molecular weight is 296 g/mol. The van der Waals surface area contributed by atoms with Gasteiger partial charge in [0.1, 0.15) is 6.04 Å². The Morgan fingerprint density at radius 3 is 2.80 bits per heavy atom. The summed E-state index contributed by atoms with van der Waals surface area (Å²) < 4.78 is 5.37. The molecule has 1 aliphatic rings. The Labute approximate surface area is 123 Å². The van der Waals surface area contributed by atoms with Gasteiger partial charge in [-0.15, -0.1) is 0 Å². The first-order valence-electron chi connectivity index (χ1n) is 6.67. The molecule has 1 saturated heterocycles. The van der Waals surface area contributed by atoms with E-state index in [2.05, 4.69) is 16.3 Å². The lowest BCUT2D eigenvalue weighted by molar-refractivity contribution is 0.207. The molecule has 0 aliphatic carbocycles. The Morgan fingerprint density at radius 2 is 2.20 bits per heavy atom. The standard InChI is InChI=1S/C14H18ClN3O2/c1-2-20-13-8-10(7-11(15)14(13)19)12(9-16)18-5-3-17-4-6-18/h7-8,12,17,19H,2-6H2,1H3. The zero-order valence-corrected chi connectivity index (χ0v) is 12.2. The summed E-state index contributed by atoms with van der Waals surface area (Å²) in [6.45, 7) is 5.60. The van der Waals surface area contributed by atoms with Crippen molar-refractivity contribution >= 4 is 11.6 Å². The molecule has 0 aromatic heterocycles. The van der Waals surface area contributed by atoms with Crippen LogP contribution in [0.1, 0.15) is 18.5 Å². The molecule has 0 radical (unpaired) electrons. The van der Waals surface area contributed by atoms with Crippen molar-refractivity contribution in [3.63, 3.8) is 0 Å². The lowest BCUT2D eigenvalue weighted by atomic mass is 10.0. The van der Waals surface area contributed by atoms with Gasteiger partial charge in [-0.25, -0.2) is 0 Å². The normalized spacial score (nSPS) is 17.4. The van der Waals surface area contributed by atoms with Crippen molar-refractivity contribution in [1.29, 1.82) is 5.26 Å². The number of nitriles is 1. The fraction of sp³-hybridized carbons (Fsp3) is 0.500. The third-order valence-corrected chi connectivity index (χ3v) is 3.59. The number of halogens is 1. The molecular formula is C14H18ClN3O2. The molecule has 2 rings (SSSR count). The van der Waals surface area contributed by atoms with Crippen molar-refractivity contribution < 1.29 is 9.84 Å². The summed E-state index contributed by atoms with van der Waals surface area (Å²) in [4.78, 5) is 2.09. The van der Waals surface area contributed by atoms with E-state index in [9.17, 15) is 10.4 Å². The van der Waals surface area contributed by atoms with Crippen LogP contribution < -0.4 is 10.1 Å². The maximum atomic E-state index is 9.85. The Morgan fingerprint density at radius 1 is 1.50 bits per heavy atom. The molecule has 5 nitrogen and oxygen atoms in total. The topological polar surface area (TPSA) is 68.5 Å². The van der Waals surface area contributed by atoms with Gasteiger partial charge < -0.3 is 15.2 Å². The maximum Gasteiger partial charge on any atom is 0.176 e. The number of phenols is 1. The summed E-state index contributed by atoms with van der Waals surface area (Å²) in [7, 11) is 0. The first-order valence-corrected chi connectivity index (χ1v) is 7.04. The van der Waals surface area contributed by atoms with Crippen LogP contribution in [0.2, 0.25) is 5.02 Å². The smallest absolute Gasteiger partial charge is 0.176 e. The average Bonchev–Trinajstić information content (AvgIpc) is 2.46. The summed E-state index contributed by atoms with van der Waals surface area (Å²) in [6, 6.07) is 5.26. The lowest BCUT2D eigenvalue weighted by Crippen LogP contribution is -2.44. The number of nitrogens with zero attached hydrogens (tertiary/aromatic N) is 2. The van der Waals surface area contributed by atoms with Gasteiger partial charge in [0, 0.05) is 26.2 Å². The highest BCUT2D eigenvalue weighted by Gasteiger charge is 2.24. The van der Waals surface area contributed by atoms with Gasteiger partial charge in [-0.3, -0.25) is 4.90 Å². The second-order valence-electron chi connectivity index (χ2n) is 4.60. The van der Waals surface area contributed by atoms with Crippen molar-refractivity contribution in [3.05, 3.63) is 22.7 Å². The van der Waals surface area contributed by atoms with Crippen LogP contribution >= 0.6 is 11.6 Å². The predicted molar refractivity (Wildman–Crippen MR) is 77.1 cm³/mol. The fourth-order valence-corrected chi connectivity index (χ4v) is 2.54. The Balaban J connectivity index is 2.31. The number of nitrogens with one attached hydrogen (secondary N) is 1. The van der Waals surface area contributed by atoms with E-state index in [1.54, 1.807) is 12.1 Å². The van der Waals surface area contributed by atoms with Crippen LogP contribution in [0.4, 0.5) is 0 Å². The van der Waals surface area contributed by atoms with Gasteiger partial charge in [0.05, 0.1) is 17.7 Å². The molecule has 1 aromatic carbocycles. The van der Waals surface area contributed by atoms with E-state index in [1.807, 2.05) is 6.92 Å². The number of hydrogen-bond acceptors (Lipinski definition) is 5. The molecule has 0 bridgehead atoms. The molecule has 1 aliphatic heterocycles. The van der Waals surface area contributed by atoms with E-state index < -0.39 is 0 Å². The molecule has 1 unspecified atom stereocenters. The molecule has 20 heavy (non-hydrogen) atoms. The minimum absolute atomic E-state index is 0.0748. The van der Waals surface area contributed by atoms with Crippen LogP contribution in [-0.4, -0.2) is 42.8 Å². The van der Waals surface area contributed by atoms with Gasteiger partial charge >= 0.3 is 0 Å². The lowest BCUT2D eigenvalue weighted by Gasteiger charge is -2.31. The van der Waals surface area contributed by atoms with Crippen molar-refractivity contribution in [2.45, 2.75) is 13.0 Å². The van der Waals surface area contributed by atoms with Gasteiger partial charge in [0.2, 0.25) is 0 Å². The maximum absolute atomic E-state index is 9.85. The van der Waals surface area contributed by atoms with Crippen LogP contribution in [0.3, 0.4) is 0 Å². The van der Waals surface area contributed by atoms with Crippen molar-refractivity contribution in [3.8, 4) is 17.6 Å². The van der Waals surface area contributed by atoms with Gasteiger partial charge in [0.25, 0.3) is 0 Å². The number of piperazine rings is 1. The molecule has 1 fully saturated rings. The van der Waals surface area contributed by atoms with E-state index in [1.165, 1.54) is 0 Å². The van der Waals surface area contributed by atoms with Crippen LogP contribution in [0, 0.1) is 11.3 Å². The number of hydrogen-bond donors (Lipinski definition) is 2. The summed E-state index contributed by atoms with van der Waals surface area (Å²) in [6.07, 6.45) is 0. The van der Waals surface area contributed by atoms with E-state index >= 15 is 0 Å². The van der Waals surface area contributed by atoms with E-state index in [-0.39, 0.29) is 16.8 Å². The third kappa shape index (κ3) is 3.15. The molecular weight excluding hydrogens is 278 g/mol. The monoisotopic (exact) mass is 295 g/mol. The highest BCUT2D eigenvalue weighted by atomic mass is 35.5. The van der Waals surface area contributed by atoms with Gasteiger partial charge in [-0.2, -0.15) is 5.26 Å². The van der Waals surface area contributed by atoms with Crippen molar-refractivity contribution in [2.24, 2.45) is 0 Å². The number of benzene rings is 1. The molecule has 0 spiro atoms. The predicted octanol–water partition coefficient (Wildman–Crippen LogP) is 1.91. The summed E-state index contributed by atoms with van der Waals surface area (Å²) in [5.74, 6) is 0.250. The highest BCUT2D eigenvalue weighted by molar-refractivity contribution is 6.32. The zero-order valence-electron chi connectivity index (χ0n) is 11.4. The molecule has 1 atom stereocenters. The molecule has 0 saturated carbocycles. The zero-order chi connectivity index (χ0) is 14.5. The summed E-state index contributed by atoms with van der Waals surface area (Å²) in [5.41, 5.74) is 0.751. The van der Waals surface area contributed by atoms with E-state index in [0.717, 1.165) is 31.7 Å². The summed E-state index contributed by atoms with van der Waals surface area (Å²) >= 11 is 6.02. The number of aromatic hydroxyl groups is 1. The van der Waals surface area contributed by atoms with Crippen LogP contribution in [0.5, 0.6) is 11.5 Å². The number of rotatable bonds is 4. The molecule has 108 valence electrons. The van der Waals surface area contributed by atoms with Crippen LogP contribution in [-0.2, 0) is 0 Å². The second-order valence-corrected chi connectivity index (χ2v) is 5.01. The summed E-state index contributed by atoms with van der Waals surface area (Å²) in [5, 5.41) is 22.8. The van der Waals surface area contributed by atoms with Crippen LogP contribution in [0.25, 0.3) is 0 Å². The first-order chi connectivity index (χ1) is 9.67. The van der Waals surface area contributed by atoms with E-state index in [0.29, 0.717) is 12.4 Å². The van der Waals surface area contributed by atoms with Gasteiger partial charge in [-0.1, -0.05) is 11.6 Å². The van der Waals surface area contributed by atoms with Gasteiger partial charge in [0.15, 0.2) is 11.5 Å². The fourth-order valence-electron chi connectivity index (χ4n) is 2.32. The Bertz CT molecular complexity index is 510. The quantitative estimate of drug-likeness (QED) is 0.888. The molecule has 1 aromatic rings. The first kappa shape index (κ1) is 14.9. The SMILES string of the molecule is CCOc1cc(C(C#N)N2CCNCC2)cc(Cl)c1O. The Hall–Kier alpha value is -1.48. The van der Waals surface area contributed by atoms with E-state index in [4.69, 9.17) is 16.3 Å². The Kier molecular flexibility index (Phi) is 5.07. The highest BCUT2D eigenvalue weighted by Crippen LogP contribution is 2.38. The third-order valence-electron chi connectivity index (χ3n) is 3.31. The molecule has 0 amide bonds. The van der Waals surface area contributed by atoms with Crippen molar-refractivity contribution in [2.75, 3.05) is 32.8 Å². The minimum Gasteiger partial charge on any atom is -0.503 e. The van der Waals surface area contributed by atoms with Gasteiger partial charge in [-0.05, 0) is 24.6 Å². The molecule has 1 heterocycles. The number of ether oxygens (including phenoxy) is 1. The molecule has 2 N–H and O–H groups in total. The van der Waals surface area contributed by atoms with Crippen molar-refractivity contribution in [1.82, 2.24) is 10.2 Å². The largest absolute Gasteiger partial charge is 0.503 e. The van der Waals surface area contributed by atoms with Crippen LogP contribution in [0.15, 0.2) is 12.1 Å². The number of phenolic OH excluding ortho intramolecular Hbond substituents is 1. The molecule has 6 heteroatoms. The minimum atomic E-state index is -0.380.